The first-order valence-corrected chi connectivity index (χ1v) is 9.56. The van der Waals surface area contributed by atoms with E-state index in [1.54, 1.807) is 24.3 Å². The number of amides is 2. The molecule has 0 saturated heterocycles. The van der Waals surface area contributed by atoms with Crippen LogP contribution in [-0.4, -0.2) is 52.3 Å². The molecule has 0 saturated carbocycles. The molecule has 8 heteroatoms. The fraction of sp³-hybridized carbons (Fsp3) is 0.286. The SMILES string of the molecule is CCN(CC)CCNC(=O)c1ccc(NC(=O)c2cn3cc(F)ccc3n2)cc1. The van der Waals surface area contributed by atoms with Crippen molar-refractivity contribution in [3.8, 4) is 0 Å². The fourth-order valence-electron chi connectivity index (χ4n) is 2.94. The number of hydrogen-bond donors (Lipinski definition) is 2. The van der Waals surface area contributed by atoms with Crippen molar-refractivity contribution in [1.82, 2.24) is 19.6 Å². The molecule has 0 spiro atoms. The highest BCUT2D eigenvalue weighted by molar-refractivity contribution is 6.03. The molecular formula is C21H24FN5O2. The predicted molar refractivity (Wildman–Crippen MR) is 110 cm³/mol. The highest BCUT2D eigenvalue weighted by atomic mass is 19.1. The van der Waals surface area contributed by atoms with Crippen molar-refractivity contribution >= 4 is 23.1 Å². The second kappa shape index (κ2) is 9.29. The summed E-state index contributed by atoms with van der Waals surface area (Å²) >= 11 is 0. The van der Waals surface area contributed by atoms with Gasteiger partial charge in [0.15, 0.2) is 0 Å². The number of nitrogens with zero attached hydrogens (tertiary/aromatic N) is 3. The number of pyridine rings is 1. The lowest BCUT2D eigenvalue weighted by Gasteiger charge is -2.17. The summed E-state index contributed by atoms with van der Waals surface area (Å²) in [4.78, 5) is 31.0. The van der Waals surface area contributed by atoms with Gasteiger partial charge >= 0.3 is 0 Å². The highest BCUT2D eigenvalue weighted by Gasteiger charge is 2.12. The summed E-state index contributed by atoms with van der Waals surface area (Å²) in [7, 11) is 0. The molecule has 2 aromatic heterocycles. The molecular weight excluding hydrogens is 373 g/mol. The van der Waals surface area contributed by atoms with E-state index < -0.39 is 11.7 Å². The summed E-state index contributed by atoms with van der Waals surface area (Å²) in [5.74, 6) is -0.976. The summed E-state index contributed by atoms with van der Waals surface area (Å²) in [6.07, 6.45) is 2.72. The number of anilines is 1. The summed E-state index contributed by atoms with van der Waals surface area (Å²) in [6.45, 7) is 7.44. The van der Waals surface area contributed by atoms with Gasteiger partial charge in [-0.3, -0.25) is 9.59 Å². The Kier molecular flexibility index (Phi) is 6.56. The summed E-state index contributed by atoms with van der Waals surface area (Å²) in [5, 5.41) is 5.62. The zero-order chi connectivity index (χ0) is 20.8. The highest BCUT2D eigenvalue weighted by Crippen LogP contribution is 2.13. The number of benzene rings is 1. The number of carbonyl (C=O) groups is 2. The molecule has 3 aromatic rings. The van der Waals surface area contributed by atoms with Crippen molar-refractivity contribution in [3.63, 3.8) is 0 Å². The number of aromatic nitrogens is 2. The number of imidazole rings is 1. The lowest BCUT2D eigenvalue weighted by atomic mass is 10.2. The zero-order valence-corrected chi connectivity index (χ0v) is 16.5. The van der Waals surface area contributed by atoms with Crippen LogP contribution in [0.3, 0.4) is 0 Å². The van der Waals surface area contributed by atoms with Gasteiger partial charge in [0.05, 0.1) is 0 Å². The molecule has 0 aliphatic carbocycles. The fourth-order valence-corrected chi connectivity index (χ4v) is 2.94. The number of hydrogen-bond acceptors (Lipinski definition) is 4. The van der Waals surface area contributed by atoms with Crippen LogP contribution in [0.4, 0.5) is 10.1 Å². The second-order valence-corrected chi connectivity index (χ2v) is 6.55. The maximum absolute atomic E-state index is 13.3. The van der Waals surface area contributed by atoms with E-state index in [2.05, 4.69) is 34.4 Å². The number of rotatable bonds is 8. The van der Waals surface area contributed by atoms with Crippen LogP contribution in [0.25, 0.3) is 5.65 Å². The number of carbonyl (C=O) groups excluding carboxylic acids is 2. The van der Waals surface area contributed by atoms with Gasteiger partial charge in [0, 0.05) is 36.7 Å². The van der Waals surface area contributed by atoms with Crippen LogP contribution in [0.2, 0.25) is 0 Å². The van der Waals surface area contributed by atoms with Gasteiger partial charge in [-0.15, -0.1) is 0 Å². The Morgan fingerprint density at radius 3 is 2.45 bits per heavy atom. The Morgan fingerprint density at radius 1 is 1.03 bits per heavy atom. The molecule has 2 heterocycles. The van der Waals surface area contributed by atoms with Crippen molar-refractivity contribution in [1.29, 1.82) is 0 Å². The van der Waals surface area contributed by atoms with Gasteiger partial charge in [-0.25, -0.2) is 9.37 Å². The van der Waals surface area contributed by atoms with E-state index in [0.29, 0.717) is 23.4 Å². The molecule has 152 valence electrons. The van der Waals surface area contributed by atoms with Crippen molar-refractivity contribution < 1.29 is 14.0 Å². The van der Waals surface area contributed by atoms with Crippen LogP contribution in [0, 0.1) is 5.82 Å². The topological polar surface area (TPSA) is 78.7 Å². The Labute approximate surface area is 168 Å². The molecule has 0 atom stereocenters. The van der Waals surface area contributed by atoms with Gasteiger partial charge in [-0.05, 0) is 49.5 Å². The first-order valence-electron chi connectivity index (χ1n) is 9.56. The molecule has 0 aliphatic rings. The van der Waals surface area contributed by atoms with Gasteiger partial charge in [0.2, 0.25) is 0 Å². The lowest BCUT2D eigenvalue weighted by molar-refractivity contribution is 0.0948. The molecule has 1 aromatic carbocycles. The third-order valence-corrected chi connectivity index (χ3v) is 4.66. The van der Waals surface area contributed by atoms with Crippen molar-refractivity contribution in [3.05, 3.63) is 65.9 Å². The van der Waals surface area contributed by atoms with Gasteiger partial charge in [0.1, 0.15) is 17.2 Å². The van der Waals surface area contributed by atoms with Gasteiger partial charge in [-0.2, -0.15) is 0 Å². The van der Waals surface area contributed by atoms with E-state index in [-0.39, 0.29) is 11.6 Å². The molecule has 0 unspecified atom stereocenters. The van der Waals surface area contributed by atoms with E-state index >= 15 is 0 Å². The minimum atomic E-state index is -0.412. The lowest BCUT2D eigenvalue weighted by Crippen LogP contribution is -2.34. The molecule has 7 nitrogen and oxygen atoms in total. The van der Waals surface area contributed by atoms with E-state index in [0.717, 1.165) is 19.6 Å². The largest absolute Gasteiger partial charge is 0.351 e. The molecule has 0 aliphatic heterocycles. The van der Waals surface area contributed by atoms with E-state index in [1.807, 2.05) is 0 Å². The van der Waals surface area contributed by atoms with Crippen molar-refractivity contribution in [2.24, 2.45) is 0 Å². The average Bonchev–Trinajstić information content (AvgIpc) is 3.15. The van der Waals surface area contributed by atoms with Crippen LogP contribution < -0.4 is 10.6 Å². The summed E-state index contributed by atoms with van der Waals surface area (Å²) in [6, 6.07) is 9.41. The van der Waals surface area contributed by atoms with Gasteiger partial charge in [-0.1, -0.05) is 13.8 Å². The van der Waals surface area contributed by atoms with Crippen LogP contribution >= 0.6 is 0 Å². The molecule has 3 rings (SSSR count). The number of nitrogens with one attached hydrogen (secondary N) is 2. The Bertz CT molecular complexity index is 996. The molecule has 2 amide bonds. The second-order valence-electron chi connectivity index (χ2n) is 6.55. The minimum absolute atomic E-state index is 0.155. The maximum atomic E-state index is 13.3. The van der Waals surface area contributed by atoms with Crippen LogP contribution in [-0.2, 0) is 0 Å². The van der Waals surface area contributed by atoms with Gasteiger partial charge < -0.3 is 19.9 Å². The molecule has 0 fully saturated rings. The Balaban J connectivity index is 1.57. The van der Waals surface area contributed by atoms with E-state index in [9.17, 15) is 14.0 Å². The standard InChI is InChI=1S/C21H24FN5O2/c1-3-26(4-2)12-11-23-20(28)15-5-8-17(9-6-15)24-21(29)18-14-27-13-16(22)7-10-19(27)25-18/h5-10,13-14H,3-4,11-12H2,1-2H3,(H,23,28)(H,24,29). The van der Waals surface area contributed by atoms with Crippen LogP contribution in [0.1, 0.15) is 34.7 Å². The van der Waals surface area contributed by atoms with Crippen LogP contribution in [0.15, 0.2) is 48.8 Å². The van der Waals surface area contributed by atoms with E-state index in [1.165, 1.54) is 28.9 Å². The number of halogens is 1. The third-order valence-electron chi connectivity index (χ3n) is 4.66. The first kappa shape index (κ1) is 20.5. The molecule has 0 bridgehead atoms. The Hall–Kier alpha value is -3.26. The van der Waals surface area contributed by atoms with Crippen molar-refractivity contribution in [2.45, 2.75) is 13.8 Å². The zero-order valence-electron chi connectivity index (χ0n) is 16.5. The summed E-state index contributed by atoms with van der Waals surface area (Å²) < 4.78 is 14.7. The normalized spacial score (nSPS) is 11.0. The monoisotopic (exact) mass is 397 g/mol. The molecule has 2 N–H and O–H groups in total. The van der Waals surface area contributed by atoms with E-state index in [4.69, 9.17) is 0 Å². The molecule has 0 radical (unpaired) electrons. The Morgan fingerprint density at radius 2 is 1.76 bits per heavy atom. The predicted octanol–water partition coefficient (Wildman–Crippen LogP) is 2.80. The average molecular weight is 397 g/mol. The minimum Gasteiger partial charge on any atom is -0.351 e. The first-order chi connectivity index (χ1) is 14.0. The maximum Gasteiger partial charge on any atom is 0.275 e. The van der Waals surface area contributed by atoms with Crippen molar-refractivity contribution in [2.75, 3.05) is 31.5 Å². The quantitative estimate of drug-likeness (QED) is 0.613. The third kappa shape index (κ3) is 5.17. The smallest absolute Gasteiger partial charge is 0.275 e. The number of fused-ring (bicyclic) bond motifs is 1. The van der Waals surface area contributed by atoms with Crippen LogP contribution in [0.5, 0.6) is 0 Å². The molecule has 29 heavy (non-hydrogen) atoms. The number of likely N-dealkylation sites (N-methyl/N-ethyl adjacent to an activating group) is 1. The van der Waals surface area contributed by atoms with Gasteiger partial charge in [0.25, 0.3) is 11.8 Å². The summed E-state index contributed by atoms with van der Waals surface area (Å²) in [5.41, 5.74) is 1.71.